The number of rotatable bonds is 4. The summed E-state index contributed by atoms with van der Waals surface area (Å²) >= 11 is 3.82. The van der Waals surface area contributed by atoms with Crippen LogP contribution in [0, 0.1) is 0 Å². The van der Waals surface area contributed by atoms with Crippen molar-refractivity contribution >= 4 is 62.6 Å². The lowest BCUT2D eigenvalue weighted by Crippen LogP contribution is -2.30. The van der Waals surface area contributed by atoms with E-state index in [9.17, 15) is 18.0 Å². The SMILES string of the molecule is O=C(CSc1ncnc2c(-c3ccccc3)nsc12)N1c2ccccc2Sc2ccc(C(F)(F)F)cc21. The van der Waals surface area contributed by atoms with E-state index in [0.717, 1.165) is 33.0 Å². The second kappa shape index (κ2) is 9.47. The first-order chi connectivity index (χ1) is 17.9. The Kier molecular flexibility index (Phi) is 6.13. The van der Waals surface area contributed by atoms with Gasteiger partial charge in [0.1, 0.15) is 27.3 Å². The number of benzene rings is 3. The summed E-state index contributed by atoms with van der Waals surface area (Å²) in [6.45, 7) is 0. The minimum Gasteiger partial charge on any atom is -0.278 e. The molecule has 0 radical (unpaired) electrons. The molecular weight excluding hydrogens is 538 g/mol. The molecule has 0 saturated carbocycles. The zero-order chi connectivity index (χ0) is 25.6. The number of para-hydroxylation sites is 1. The highest BCUT2D eigenvalue weighted by Crippen LogP contribution is 2.50. The van der Waals surface area contributed by atoms with E-state index in [-0.39, 0.29) is 17.3 Å². The van der Waals surface area contributed by atoms with Crippen molar-refractivity contribution in [2.75, 3.05) is 10.7 Å². The number of hydrogen-bond donors (Lipinski definition) is 0. The summed E-state index contributed by atoms with van der Waals surface area (Å²) in [6.07, 6.45) is -3.08. The van der Waals surface area contributed by atoms with E-state index >= 15 is 0 Å². The van der Waals surface area contributed by atoms with Crippen LogP contribution in [-0.4, -0.2) is 26.0 Å². The van der Waals surface area contributed by atoms with Crippen molar-refractivity contribution in [3.63, 3.8) is 0 Å². The monoisotopic (exact) mass is 552 g/mol. The smallest absolute Gasteiger partial charge is 0.278 e. The van der Waals surface area contributed by atoms with Gasteiger partial charge in [-0.25, -0.2) is 9.97 Å². The first-order valence-corrected chi connectivity index (χ1v) is 13.6. The van der Waals surface area contributed by atoms with Crippen LogP contribution in [0.1, 0.15) is 5.56 Å². The molecule has 0 bridgehead atoms. The number of fused-ring (bicyclic) bond motifs is 3. The fraction of sp³-hybridized carbons (Fsp3) is 0.0769. The molecule has 2 aromatic heterocycles. The quantitative estimate of drug-likeness (QED) is 0.168. The molecule has 1 aliphatic rings. The lowest BCUT2D eigenvalue weighted by atomic mass is 10.1. The molecule has 11 heteroatoms. The van der Waals surface area contributed by atoms with Gasteiger partial charge in [0.15, 0.2) is 0 Å². The molecule has 0 saturated heterocycles. The number of anilines is 2. The topological polar surface area (TPSA) is 59.0 Å². The van der Waals surface area contributed by atoms with Crippen LogP contribution in [0.5, 0.6) is 0 Å². The maximum atomic E-state index is 13.6. The Morgan fingerprint density at radius 3 is 2.49 bits per heavy atom. The van der Waals surface area contributed by atoms with Gasteiger partial charge in [-0.15, -0.1) is 0 Å². The minimum atomic E-state index is -4.52. The van der Waals surface area contributed by atoms with Gasteiger partial charge in [-0.3, -0.25) is 9.69 Å². The predicted molar refractivity (Wildman–Crippen MR) is 141 cm³/mol. The van der Waals surface area contributed by atoms with Crippen molar-refractivity contribution < 1.29 is 18.0 Å². The molecule has 184 valence electrons. The first kappa shape index (κ1) is 24.0. The highest BCUT2D eigenvalue weighted by Gasteiger charge is 2.35. The van der Waals surface area contributed by atoms with Crippen LogP contribution < -0.4 is 4.90 Å². The highest BCUT2D eigenvalue weighted by atomic mass is 32.2. The largest absolute Gasteiger partial charge is 0.416 e. The number of carbonyl (C=O) groups is 1. The van der Waals surface area contributed by atoms with Crippen molar-refractivity contribution in [1.82, 2.24) is 14.3 Å². The number of nitrogens with zero attached hydrogens (tertiary/aromatic N) is 4. The van der Waals surface area contributed by atoms with Crippen LogP contribution in [0.15, 0.2) is 93.9 Å². The molecule has 1 amide bonds. The third kappa shape index (κ3) is 4.47. The van der Waals surface area contributed by atoms with E-state index in [4.69, 9.17) is 0 Å². The van der Waals surface area contributed by atoms with Gasteiger partial charge in [0.2, 0.25) is 5.91 Å². The fourth-order valence-corrected chi connectivity index (χ4v) is 6.83. The van der Waals surface area contributed by atoms with Crippen molar-refractivity contribution in [3.8, 4) is 11.3 Å². The average molecular weight is 553 g/mol. The first-order valence-electron chi connectivity index (χ1n) is 11.0. The third-order valence-corrected chi connectivity index (χ3v) is 8.78. The summed E-state index contributed by atoms with van der Waals surface area (Å²) in [6, 6.07) is 20.4. The normalized spacial score (nSPS) is 12.9. The second-order valence-electron chi connectivity index (χ2n) is 8.02. The molecule has 3 heterocycles. The van der Waals surface area contributed by atoms with Crippen LogP contribution in [0.3, 0.4) is 0 Å². The van der Waals surface area contributed by atoms with Gasteiger partial charge in [-0.2, -0.15) is 17.5 Å². The molecule has 5 aromatic rings. The lowest BCUT2D eigenvalue weighted by molar-refractivity contribution is -0.137. The lowest BCUT2D eigenvalue weighted by Gasteiger charge is -2.31. The molecule has 0 spiro atoms. The third-order valence-electron chi connectivity index (χ3n) is 5.71. The minimum absolute atomic E-state index is 0.0284. The summed E-state index contributed by atoms with van der Waals surface area (Å²) in [5.41, 5.74) is 2.35. The molecule has 37 heavy (non-hydrogen) atoms. The van der Waals surface area contributed by atoms with E-state index in [1.54, 1.807) is 12.1 Å². The maximum absolute atomic E-state index is 13.6. The average Bonchev–Trinajstić information content (AvgIpc) is 3.35. The van der Waals surface area contributed by atoms with Gasteiger partial charge >= 0.3 is 6.18 Å². The second-order valence-corrected chi connectivity index (χ2v) is 10.8. The Hall–Kier alpha value is -3.41. The zero-order valence-corrected chi connectivity index (χ0v) is 21.2. The van der Waals surface area contributed by atoms with Gasteiger partial charge in [-0.05, 0) is 41.9 Å². The van der Waals surface area contributed by atoms with Crippen LogP contribution in [-0.2, 0) is 11.0 Å². The summed E-state index contributed by atoms with van der Waals surface area (Å²) < 4.78 is 45.8. The molecule has 1 aliphatic heterocycles. The Morgan fingerprint density at radius 2 is 1.68 bits per heavy atom. The molecule has 0 fully saturated rings. The van der Waals surface area contributed by atoms with Crippen LogP contribution in [0.4, 0.5) is 24.5 Å². The molecule has 3 aromatic carbocycles. The van der Waals surface area contributed by atoms with Crippen molar-refractivity contribution in [2.45, 2.75) is 21.0 Å². The molecule has 0 unspecified atom stereocenters. The number of halogens is 3. The molecule has 5 nitrogen and oxygen atoms in total. The number of thioether (sulfide) groups is 1. The predicted octanol–water partition coefficient (Wildman–Crippen LogP) is 7.69. The number of carbonyl (C=O) groups excluding carboxylic acids is 1. The summed E-state index contributed by atoms with van der Waals surface area (Å²) in [4.78, 5) is 25.1. The van der Waals surface area contributed by atoms with Gasteiger partial charge < -0.3 is 0 Å². The van der Waals surface area contributed by atoms with E-state index < -0.39 is 11.7 Å². The van der Waals surface area contributed by atoms with Crippen molar-refractivity contribution in [2.24, 2.45) is 0 Å². The van der Waals surface area contributed by atoms with Gasteiger partial charge in [0, 0.05) is 15.4 Å². The van der Waals surface area contributed by atoms with Crippen molar-refractivity contribution in [3.05, 3.63) is 84.7 Å². The number of hydrogen-bond acceptors (Lipinski definition) is 7. The number of alkyl halides is 3. The van der Waals surface area contributed by atoms with Gasteiger partial charge in [-0.1, -0.05) is 66.0 Å². The standard InChI is InChI=1S/C26H15F3N4OS3/c27-26(28,29)16-10-11-20-18(12-16)33(17-8-4-5-9-19(17)36-20)21(34)13-35-25-24-23(30-14-31-25)22(32-37-24)15-6-2-1-3-7-15/h1-12,14H,13H2. The van der Waals surface area contributed by atoms with Gasteiger partial charge in [0.05, 0.1) is 22.7 Å². The molecule has 0 aliphatic carbocycles. The number of aromatic nitrogens is 3. The van der Waals surface area contributed by atoms with Crippen LogP contribution in [0.2, 0.25) is 0 Å². The van der Waals surface area contributed by atoms with E-state index in [1.165, 1.54) is 52.3 Å². The van der Waals surface area contributed by atoms with Crippen LogP contribution in [0.25, 0.3) is 21.5 Å². The summed E-state index contributed by atoms with van der Waals surface area (Å²) in [5, 5.41) is 0.599. The number of amides is 1. The zero-order valence-electron chi connectivity index (χ0n) is 18.8. The highest BCUT2D eigenvalue weighted by molar-refractivity contribution is 8.00. The molecule has 0 atom stereocenters. The molecule has 0 N–H and O–H groups in total. The van der Waals surface area contributed by atoms with Gasteiger partial charge in [0.25, 0.3) is 0 Å². The van der Waals surface area contributed by atoms with E-state index in [0.29, 0.717) is 21.1 Å². The maximum Gasteiger partial charge on any atom is 0.416 e. The van der Waals surface area contributed by atoms with E-state index in [1.807, 2.05) is 42.5 Å². The molecular formula is C26H15F3N4OS3. The Morgan fingerprint density at radius 1 is 0.919 bits per heavy atom. The fourth-order valence-electron chi connectivity index (χ4n) is 4.03. The Labute approximate surface area is 221 Å². The summed E-state index contributed by atoms with van der Waals surface area (Å²) in [5.74, 6) is -0.378. The Balaban J connectivity index is 1.33. The van der Waals surface area contributed by atoms with Crippen LogP contribution >= 0.6 is 35.1 Å². The molecule has 6 rings (SSSR count). The van der Waals surface area contributed by atoms with Crippen molar-refractivity contribution in [1.29, 1.82) is 0 Å². The summed E-state index contributed by atoms with van der Waals surface area (Å²) in [7, 11) is 0. The van der Waals surface area contributed by atoms with E-state index in [2.05, 4.69) is 14.3 Å². The Bertz CT molecular complexity index is 1640.